The van der Waals surface area contributed by atoms with E-state index in [9.17, 15) is 37.5 Å². The number of rotatable bonds is 10. The quantitative estimate of drug-likeness (QED) is 0.136. The van der Waals surface area contributed by atoms with Crippen LogP contribution in [0.3, 0.4) is 0 Å². The van der Waals surface area contributed by atoms with Crippen molar-refractivity contribution in [2.24, 2.45) is 4.99 Å². The van der Waals surface area contributed by atoms with Gasteiger partial charge in [-0.15, -0.1) is 5.69 Å². The van der Waals surface area contributed by atoms with E-state index in [1.54, 1.807) is 60.7 Å². The largest absolute Gasteiger partial charge is 0.621 e. The molecule has 0 spiro atoms. The van der Waals surface area contributed by atoms with Gasteiger partial charge in [0.2, 0.25) is 5.91 Å². The number of alkyl halides is 3. The van der Waals surface area contributed by atoms with Crippen molar-refractivity contribution >= 4 is 35.3 Å². The van der Waals surface area contributed by atoms with Gasteiger partial charge in [-0.1, -0.05) is 78.9 Å². The molecule has 1 saturated heterocycles. The number of aliphatic imine (C=N–C) groups is 1. The van der Waals surface area contributed by atoms with Gasteiger partial charge in [0.05, 0.1) is 11.3 Å². The monoisotopic (exact) mass is 715 g/mol. The number of benzene rings is 3. The fraction of sp³-hybridized carbons (Fsp3) is 0.200. The van der Waals surface area contributed by atoms with Gasteiger partial charge in [-0.3, -0.25) is 14.8 Å². The number of carbonyl (C=O) groups is 4. The third-order valence-electron chi connectivity index (χ3n) is 7.73. The molecule has 1 aliphatic heterocycles. The molecule has 14 heteroatoms. The first kappa shape index (κ1) is 36.5. The van der Waals surface area contributed by atoms with E-state index in [-0.39, 0.29) is 51.3 Å². The first-order valence-corrected chi connectivity index (χ1v) is 14.7. The number of para-hydroxylation sites is 1. The van der Waals surface area contributed by atoms with Crippen molar-refractivity contribution in [2.45, 2.75) is 37.5 Å². The zero-order valence-corrected chi connectivity index (χ0v) is 26.7. The average Bonchev–Trinajstić information content (AvgIpc) is 3.48. The van der Waals surface area contributed by atoms with Gasteiger partial charge in [-0.2, -0.15) is 13.2 Å². The molecule has 1 N–H and O–H groups in total. The van der Waals surface area contributed by atoms with E-state index in [4.69, 9.17) is 4.74 Å². The number of carbonyl (C=O) groups excluding carboxylic acids is 3. The van der Waals surface area contributed by atoms with Crippen molar-refractivity contribution in [3.05, 3.63) is 137 Å². The molecule has 10 nitrogen and oxygen atoms in total. The van der Waals surface area contributed by atoms with Crippen LogP contribution in [-0.2, 0) is 37.0 Å². The summed E-state index contributed by atoms with van der Waals surface area (Å²) in [6, 6.07) is 20.9. The molecule has 0 radical (unpaired) electrons. The number of imide groups is 1. The number of hydrogen-bond acceptors (Lipinski definition) is 7. The SMILES string of the molecule is CC(=N[C@H](C(=O)O)[C@H](CC(=O)N1C(=O)OC[C@@H]1c1ccccc1)c1cccc(C(F)(F)F)c1)c1ccccc1[N-]C(=O)c1ccccn1.[Ni]. The molecule has 5 rings (SSSR count). The Morgan fingerprint density at radius 2 is 1.69 bits per heavy atom. The molecule has 2 heterocycles. The van der Waals surface area contributed by atoms with Crippen LogP contribution in [0.1, 0.15) is 58.0 Å². The predicted octanol–water partition coefficient (Wildman–Crippen LogP) is 7.10. The van der Waals surface area contributed by atoms with Crippen molar-refractivity contribution in [2.75, 3.05) is 6.61 Å². The molecule has 3 amide bonds. The molecule has 1 fully saturated rings. The van der Waals surface area contributed by atoms with Crippen LogP contribution >= 0.6 is 0 Å². The van der Waals surface area contributed by atoms with Crippen molar-refractivity contribution in [1.82, 2.24) is 9.88 Å². The first-order valence-electron chi connectivity index (χ1n) is 14.7. The second-order valence-electron chi connectivity index (χ2n) is 10.8. The Bertz CT molecular complexity index is 1860. The van der Waals surface area contributed by atoms with Gasteiger partial charge in [0, 0.05) is 40.7 Å². The maximum Gasteiger partial charge on any atom is 0.417 e. The minimum absolute atomic E-state index is 0. The smallest absolute Gasteiger partial charge is 0.417 e. The normalized spacial score (nSPS) is 15.8. The number of amides is 3. The van der Waals surface area contributed by atoms with Crippen LogP contribution in [0.2, 0.25) is 0 Å². The molecule has 3 atom stereocenters. The molecule has 49 heavy (non-hydrogen) atoms. The van der Waals surface area contributed by atoms with E-state index >= 15 is 0 Å². The molecule has 1 aliphatic rings. The number of pyridine rings is 1. The van der Waals surface area contributed by atoms with E-state index in [0.717, 1.165) is 23.1 Å². The summed E-state index contributed by atoms with van der Waals surface area (Å²) in [5.41, 5.74) is -0.0244. The fourth-order valence-electron chi connectivity index (χ4n) is 5.39. The Morgan fingerprint density at radius 3 is 2.37 bits per heavy atom. The number of hydrogen-bond donors (Lipinski definition) is 1. The number of nitrogens with zero attached hydrogens (tertiary/aromatic N) is 4. The van der Waals surface area contributed by atoms with Crippen LogP contribution in [0.25, 0.3) is 5.32 Å². The second-order valence-corrected chi connectivity index (χ2v) is 10.8. The first-order chi connectivity index (χ1) is 22.9. The molecule has 4 aromatic rings. The molecule has 0 unspecified atom stereocenters. The number of ether oxygens (including phenoxy) is 1. The summed E-state index contributed by atoms with van der Waals surface area (Å²) in [7, 11) is 0. The third kappa shape index (κ3) is 8.57. The standard InChI is InChI=1S/C35H29F3N4O6.Ni/c1-21(25-14-5-6-15-27(25)41-32(44)28-16-7-8-17-39-28)40-31(33(45)46)26(23-12-9-13-24(18-23)35(36,37)38)19-30(43)42-29(20-48-34(42)47)22-10-3-2-4-11-22;/h2-18,26,29,31H,19-20H2,1H3,(H2,40,41,44,45,46);/p-1/t26-,29-,31+;/m1./s1. The minimum atomic E-state index is -4.76. The number of carboxylic acids is 1. The van der Waals surface area contributed by atoms with Crippen LogP contribution in [0, 0.1) is 0 Å². The van der Waals surface area contributed by atoms with Crippen molar-refractivity contribution < 1.29 is 58.7 Å². The van der Waals surface area contributed by atoms with Gasteiger partial charge in [0.1, 0.15) is 18.6 Å². The van der Waals surface area contributed by atoms with Crippen molar-refractivity contribution in [3.63, 3.8) is 0 Å². The van der Waals surface area contributed by atoms with Crippen molar-refractivity contribution in [1.29, 1.82) is 0 Å². The number of aromatic nitrogens is 1. The van der Waals surface area contributed by atoms with Crippen LogP contribution in [0.4, 0.5) is 23.7 Å². The predicted molar refractivity (Wildman–Crippen MR) is 168 cm³/mol. The molecule has 1 aromatic heterocycles. The molecule has 0 aliphatic carbocycles. The van der Waals surface area contributed by atoms with Gasteiger partial charge in [-0.25, -0.2) is 14.5 Å². The maximum atomic E-state index is 13.8. The molecular weight excluding hydrogens is 688 g/mol. The minimum Gasteiger partial charge on any atom is -0.621 e. The molecule has 0 bridgehead atoms. The molecular formula is C35H28F3N4NiO6-. The van der Waals surface area contributed by atoms with Gasteiger partial charge in [0.15, 0.2) is 6.04 Å². The van der Waals surface area contributed by atoms with Crippen LogP contribution in [0.15, 0.2) is 108 Å². The summed E-state index contributed by atoms with van der Waals surface area (Å²) in [6.07, 6.45) is -4.99. The molecule has 3 aromatic carbocycles. The topological polar surface area (TPSA) is 140 Å². The Hall–Kier alpha value is -5.36. The van der Waals surface area contributed by atoms with Gasteiger partial charge in [0.25, 0.3) is 0 Å². The van der Waals surface area contributed by atoms with E-state index < -0.39 is 60.0 Å². The van der Waals surface area contributed by atoms with Gasteiger partial charge in [-0.05, 0) is 41.8 Å². The summed E-state index contributed by atoms with van der Waals surface area (Å²) in [5.74, 6) is -4.52. The van der Waals surface area contributed by atoms with E-state index in [2.05, 4.69) is 15.3 Å². The summed E-state index contributed by atoms with van der Waals surface area (Å²) in [5, 5.41) is 14.5. The summed E-state index contributed by atoms with van der Waals surface area (Å²) < 4.78 is 46.5. The molecule has 0 saturated carbocycles. The van der Waals surface area contributed by atoms with Gasteiger partial charge < -0.3 is 20.0 Å². The zero-order valence-electron chi connectivity index (χ0n) is 25.7. The summed E-state index contributed by atoms with van der Waals surface area (Å²) in [6.45, 7) is 1.31. The zero-order chi connectivity index (χ0) is 34.4. The number of carboxylic acid groups (broad SMARTS) is 1. The van der Waals surface area contributed by atoms with E-state index in [0.29, 0.717) is 5.56 Å². The van der Waals surface area contributed by atoms with Gasteiger partial charge >= 0.3 is 18.2 Å². The third-order valence-corrected chi connectivity index (χ3v) is 7.73. The van der Waals surface area contributed by atoms with E-state index in [1.165, 1.54) is 31.3 Å². The number of cyclic esters (lactones) is 1. The second kappa shape index (κ2) is 15.7. The van der Waals surface area contributed by atoms with Crippen LogP contribution in [0.5, 0.6) is 0 Å². The Balaban J connectivity index is 0.00000541. The Morgan fingerprint density at radius 1 is 1.00 bits per heavy atom. The molecule has 256 valence electrons. The number of aliphatic carboxylic acids is 1. The summed E-state index contributed by atoms with van der Waals surface area (Å²) >= 11 is 0. The number of halogens is 3. The van der Waals surface area contributed by atoms with E-state index in [1.807, 2.05) is 0 Å². The Labute approximate surface area is 288 Å². The van der Waals surface area contributed by atoms with Crippen molar-refractivity contribution in [3.8, 4) is 0 Å². The maximum absolute atomic E-state index is 13.8. The average molecular weight is 716 g/mol. The van der Waals surface area contributed by atoms with Crippen LogP contribution < -0.4 is 0 Å². The Kier molecular flexibility index (Phi) is 11.7. The fourth-order valence-corrected chi connectivity index (χ4v) is 5.39. The van der Waals surface area contributed by atoms with Crippen LogP contribution in [-0.4, -0.2) is 57.2 Å². The summed E-state index contributed by atoms with van der Waals surface area (Å²) in [4.78, 5) is 61.4.